The zero-order valence-corrected chi connectivity index (χ0v) is 19.2. The lowest BCUT2D eigenvalue weighted by Gasteiger charge is -2.36. The van der Waals surface area contributed by atoms with E-state index in [0.717, 1.165) is 49.7 Å². The SMILES string of the molecule is CCCC1CCCCC1C(C)c1c(F)c(F)c(-c2ccc(-c3ccccc3)cc2)c(F)c1F. The summed E-state index contributed by atoms with van der Waals surface area (Å²) in [5.74, 6) is -5.38. The van der Waals surface area contributed by atoms with Gasteiger partial charge in [0.1, 0.15) is 0 Å². The molecule has 1 saturated carbocycles. The highest BCUT2D eigenvalue weighted by molar-refractivity contribution is 5.71. The van der Waals surface area contributed by atoms with Crippen LogP contribution in [0, 0.1) is 35.1 Å². The Balaban J connectivity index is 1.71. The third-order valence-corrected chi connectivity index (χ3v) is 7.30. The van der Waals surface area contributed by atoms with Gasteiger partial charge in [-0.15, -0.1) is 0 Å². The quantitative estimate of drug-likeness (QED) is 0.257. The molecule has 0 heterocycles. The van der Waals surface area contributed by atoms with Crippen LogP contribution in [0.3, 0.4) is 0 Å². The number of rotatable bonds is 6. The molecule has 0 aromatic heterocycles. The maximum absolute atomic E-state index is 15.3. The summed E-state index contributed by atoms with van der Waals surface area (Å²) in [5.41, 5.74) is 0.825. The topological polar surface area (TPSA) is 0 Å². The maximum Gasteiger partial charge on any atom is 0.170 e. The Morgan fingerprint density at radius 3 is 1.88 bits per heavy atom. The van der Waals surface area contributed by atoms with E-state index in [4.69, 9.17) is 0 Å². The second-order valence-electron chi connectivity index (χ2n) is 9.27. The molecule has 1 aliphatic rings. The molecule has 174 valence electrons. The largest absolute Gasteiger partial charge is 0.203 e. The van der Waals surface area contributed by atoms with Crippen LogP contribution >= 0.6 is 0 Å². The summed E-state index contributed by atoms with van der Waals surface area (Å²) in [6.07, 6.45) is 5.86. The smallest absolute Gasteiger partial charge is 0.170 e. The third kappa shape index (κ3) is 4.58. The van der Waals surface area contributed by atoms with Crippen LogP contribution < -0.4 is 0 Å². The van der Waals surface area contributed by atoms with Crippen molar-refractivity contribution in [2.75, 3.05) is 0 Å². The van der Waals surface area contributed by atoms with Gasteiger partial charge in [-0.3, -0.25) is 0 Å². The molecule has 3 atom stereocenters. The van der Waals surface area contributed by atoms with Gasteiger partial charge >= 0.3 is 0 Å². The monoisotopic (exact) mass is 454 g/mol. The van der Waals surface area contributed by atoms with Crippen LogP contribution in [-0.4, -0.2) is 0 Å². The lowest BCUT2D eigenvalue weighted by Crippen LogP contribution is -2.26. The fourth-order valence-electron chi connectivity index (χ4n) is 5.60. The molecule has 1 fully saturated rings. The Morgan fingerprint density at radius 1 is 0.727 bits per heavy atom. The van der Waals surface area contributed by atoms with Gasteiger partial charge in [0, 0.05) is 5.56 Å². The lowest BCUT2D eigenvalue weighted by molar-refractivity contribution is 0.189. The highest BCUT2D eigenvalue weighted by Gasteiger charge is 2.36. The maximum atomic E-state index is 15.3. The lowest BCUT2D eigenvalue weighted by atomic mass is 9.69. The highest BCUT2D eigenvalue weighted by Crippen LogP contribution is 2.45. The van der Waals surface area contributed by atoms with Crippen molar-refractivity contribution in [1.82, 2.24) is 0 Å². The van der Waals surface area contributed by atoms with Crippen LogP contribution in [-0.2, 0) is 0 Å². The molecule has 0 spiro atoms. The molecule has 3 unspecified atom stereocenters. The number of hydrogen-bond acceptors (Lipinski definition) is 0. The minimum Gasteiger partial charge on any atom is -0.203 e. The van der Waals surface area contributed by atoms with Crippen LogP contribution in [0.2, 0.25) is 0 Å². The molecule has 0 amide bonds. The summed E-state index contributed by atoms with van der Waals surface area (Å²) < 4.78 is 60.9. The van der Waals surface area contributed by atoms with Crippen LogP contribution in [0.5, 0.6) is 0 Å². The molecule has 4 heteroatoms. The Bertz CT molecular complexity index is 1060. The molecule has 3 aromatic carbocycles. The van der Waals surface area contributed by atoms with Crippen LogP contribution in [0.1, 0.15) is 63.9 Å². The van der Waals surface area contributed by atoms with Crippen LogP contribution in [0.15, 0.2) is 54.6 Å². The Hall–Kier alpha value is -2.62. The molecule has 0 bridgehead atoms. The molecule has 4 rings (SSSR count). The molecule has 3 aromatic rings. The van der Waals surface area contributed by atoms with Crippen molar-refractivity contribution in [2.24, 2.45) is 11.8 Å². The van der Waals surface area contributed by atoms with Gasteiger partial charge in [0.05, 0.1) is 5.56 Å². The first-order valence-corrected chi connectivity index (χ1v) is 12.0. The molecule has 1 aliphatic carbocycles. The first-order valence-electron chi connectivity index (χ1n) is 12.0. The zero-order valence-electron chi connectivity index (χ0n) is 19.2. The van der Waals surface area contributed by atoms with E-state index in [1.165, 1.54) is 12.1 Å². The minimum atomic E-state index is -1.31. The summed E-state index contributed by atoms with van der Waals surface area (Å²) in [5, 5.41) is 0. The van der Waals surface area contributed by atoms with Gasteiger partial charge in [0.25, 0.3) is 0 Å². The summed E-state index contributed by atoms with van der Waals surface area (Å²) >= 11 is 0. The molecule has 0 N–H and O–H groups in total. The van der Waals surface area contributed by atoms with Crippen LogP contribution in [0.25, 0.3) is 22.3 Å². The van der Waals surface area contributed by atoms with Crippen LogP contribution in [0.4, 0.5) is 17.6 Å². The second kappa shape index (κ2) is 10.1. The number of halogens is 4. The zero-order chi connectivity index (χ0) is 23.5. The number of benzene rings is 3. The third-order valence-electron chi connectivity index (χ3n) is 7.30. The molecule has 0 nitrogen and oxygen atoms in total. The van der Waals surface area contributed by atoms with E-state index in [1.807, 2.05) is 30.3 Å². The summed E-state index contributed by atoms with van der Waals surface area (Å²) in [7, 11) is 0. The number of hydrogen-bond donors (Lipinski definition) is 0. The van der Waals surface area contributed by atoms with Crippen molar-refractivity contribution in [1.29, 1.82) is 0 Å². The van der Waals surface area contributed by atoms with Crippen molar-refractivity contribution in [3.63, 3.8) is 0 Å². The van der Waals surface area contributed by atoms with Gasteiger partial charge in [-0.1, -0.05) is 101 Å². The van der Waals surface area contributed by atoms with E-state index < -0.39 is 40.3 Å². The van der Waals surface area contributed by atoms with E-state index in [2.05, 4.69) is 6.92 Å². The van der Waals surface area contributed by atoms with Gasteiger partial charge in [0.15, 0.2) is 23.3 Å². The predicted octanol–water partition coefficient (Wildman–Crippen LogP) is 9.29. The van der Waals surface area contributed by atoms with Crippen molar-refractivity contribution >= 4 is 0 Å². The Labute approximate surface area is 193 Å². The van der Waals surface area contributed by atoms with Crippen molar-refractivity contribution in [3.8, 4) is 22.3 Å². The van der Waals surface area contributed by atoms with E-state index in [1.54, 1.807) is 19.1 Å². The van der Waals surface area contributed by atoms with Crippen molar-refractivity contribution in [3.05, 3.63) is 83.4 Å². The minimum absolute atomic E-state index is 0.0255. The fraction of sp³-hybridized carbons (Fsp3) is 0.379. The van der Waals surface area contributed by atoms with Gasteiger partial charge in [-0.2, -0.15) is 0 Å². The molecule has 0 saturated heterocycles. The van der Waals surface area contributed by atoms with E-state index >= 15 is 17.6 Å². The molecule has 0 radical (unpaired) electrons. The molecule has 0 aliphatic heterocycles. The van der Waals surface area contributed by atoms with E-state index in [9.17, 15) is 0 Å². The Morgan fingerprint density at radius 2 is 1.27 bits per heavy atom. The predicted molar refractivity (Wildman–Crippen MR) is 126 cm³/mol. The van der Waals surface area contributed by atoms with Gasteiger partial charge in [-0.25, -0.2) is 17.6 Å². The first-order chi connectivity index (χ1) is 15.9. The fourth-order valence-corrected chi connectivity index (χ4v) is 5.60. The average molecular weight is 455 g/mol. The van der Waals surface area contributed by atoms with E-state index in [0.29, 0.717) is 5.92 Å². The highest BCUT2D eigenvalue weighted by atomic mass is 19.2. The summed E-state index contributed by atoms with van der Waals surface area (Å²) in [4.78, 5) is 0. The van der Waals surface area contributed by atoms with Crippen molar-refractivity contribution in [2.45, 2.75) is 58.3 Å². The van der Waals surface area contributed by atoms with E-state index in [-0.39, 0.29) is 11.5 Å². The summed E-state index contributed by atoms with van der Waals surface area (Å²) in [6, 6.07) is 15.9. The second-order valence-corrected chi connectivity index (χ2v) is 9.27. The standard InChI is InChI=1S/C29H30F4/c1-3-9-21-12-7-8-13-23(21)18(2)24-26(30)28(32)25(29(33)27(24)31)22-16-14-20(15-17-22)19-10-5-4-6-11-19/h4-6,10-11,14-18,21,23H,3,7-9,12-13H2,1-2H3. The Kier molecular flexibility index (Phi) is 7.21. The van der Waals surface area contributed by atoms with Gasteiger partial charge < -0.3 is 0 Å². The molecule has 33 heavy (non-hydrogen) atoms. The molecular formula is C29H30F4. The first kappa shape index (κ1) is 23.5. The van der Waals surface area contributed by atoms with Crippen molar-refractivity contribution < 1.29 is 17.6 Å². The van der Waals surface area contributed by atoms with Gasteiger partial charge in [0.2, 0.25) is 0 Å². The normalized spacial score (nSPS) is 19.5. The molecular weight excluding hydrogens is 424 g/mol. The summed E-state index contributed by atoms with van der Waals surface area (Å²) in [6.45, 7) is 3.81. The average Bonchev–Trinajstić information content (AvgIpc) is 2.84. The van der Waals surface area contributed by atoms with Gasteiger partial charge in [-0.05, 0) is 40.9 Å².